The molecule has 2 heterocycles. The first kappa shape index (κ1) is 23.0. The normalized spacial score (nSPS) is 16.7. The fraction of sp³-hybridized carbons (Fsp3) is 0.241. The van der Waals surface area contributed by atoms with Crippen LogP contribution in [-0.2, 0) is 6.54 Å². The number of amides is 2. The minimum Gasteiger partial charge on any atom is -0.368 e. The molecule has 0 aromatic heterocycles. The van der Waals surface area contributed by atoms with E-state index in [9.17, 15) is 14.0 Å². The number of piperazine rings is 1. The maximum Gasteiger partial charge on any atom is 0.263 e. The van der Waals surface area contributed by atoms with E-state index in [1.165, 1.54) is 28.2 Å². The summed E-state index contributed by atoms with van der Waals surface area (Å²) in [4.78, 5) is 32.2. The number of fused-ring (bicyclic) bond motifs is 1. The van der Waals surface area contributed by atoms with Crippen molar-refractivity contribution in [2.45, 2.75) is 13.5 Å². The predicted octanol–water partition coefficient (Wildman–Crippen LogP) is 4.85. The van der Waals surface area contributed by atoms with Crippen LogP contribution in [0.5, 0.6) is 0 Å². The summed E-state index contributed by atoms with van der Waals surface area (Å²) in [6, 6.07) is 21.8. The van der Waals surface area contributed by atoms with Gasteiger partial charge >= 0.3 is 0 Å². The predicted molar refractivity (Wildman–Crippen MR) is 136 cm³/mol. The van der Waals surface area contributed by atoms with Crippen molar-refractivity contribution >= 4 is 23.6 Å². The first-order valence-corrected chi connectivity index (χ1v) is 11.9. The van der Waals surface area contributed by atoms with Crippen LogP contribution in [0.4, 0.5) is 10.1 Å². The maximum atomic E-state index is 13.6. The van der Waals surface area contributed by atoms with Gasteiger partial charge in [-0.3, -0.25) is 19.4 Å². The molecule has 0 atom stereocenters. The molecule has 1 fully saturated rings. The summed E-state index contributed by atoms with van der Waals surface area (Å²) in [7, 11) is 0. The van der Waals surface area contributed by atoms with E-state index < -0.39 is 0 Å². The van der Waals surface area contributed by atoms with Crippen molar-refractivity contribution in [1.82, 2.24) is 9.80 Å². The highest BCUT2D eigenvalue weighted by molar-refractivity contribution is 6.23. The van der Waals surface area contributed by atoms with Gasteiger partial charge in [-0.1, -0.05) is 60.2 Å². The molecule has 0 saturated carbocycles. The summed E-state index contributed by atoms with van der Waals surface area (Å²) in [5.41, 5.74) is 4.79. The van der Waals surface area contributed by atoms with E-state index in [4.69, 9.17) is 0 Å². The number of carbonyl (C=O) groups is 2. The first-order chi connectivity index (χ1) is 17.0. The summed E-state index contributed by atoms with van der Waals surface area (Å²) in [6.45, 7) is 6.41. The van der Waals surface area contributed by atoms with Crippen molar-refractivity contribution < 1.29 is 14.0 Å². The van der Waals surface area contributed by atoms with Gasteiger partial charge in [0.15, 0.2) is 0 Å². The van der Waals surface area contributed by atoms with Gasteiger partial charge < -0.3 is 4.90 Å². The van der Waals surface area contributed by atoms with Crippen LogP contribution in [0.15, 0.2) is 78.4 Å². The fourth-order valence-electron chi connectivity index (χ4n) is 4.92. The largest absolute Gasteiger partial charge is 0.368 e. The molecule has 6 heteroatoms. The number of hydrogen-bond acceptors (Lipinski definition) is 4. The highest BCUT2D eigenvalue weighted by atomic mass is 19.1. The Morgan fingerprint density at radius 2 is 1.63 bits per heavy atom. The first-order valence-electron chi connectivity index (χ1n) is 11.9. The zero-order valence-electron chi connectivity index (χ0n) is 19.8. The Balaban J connectivity index is 1.27. The van der Waals surface area contributed by atoms with Crippen LogP contribution in [0.3, 0.4) is 0 Å². The number of rotatable bonds is 6. The number of carbonyl (C=O) groups excluding carboxylic acids is 2. The van der Waals surface area contributed by atoms with Gasteiger partial charge in [0.25, 0.3) is 11.8 Å². The molecule has 2 amide bonds. The molecule has 0 radical (unpaired) electrons. The number of halogens is 1. The van der Waals surface area contributed by atoms with E-state index in [-0.39, 0.29) is 24.2 Å². The molecule has 0 aliphatic carbocycles. The number of imide groups is 1. The van der Waals surface area contributed by atoms with Crippen molar-refractivity contribution in [3.63, 3.8) is 0 Å². The monoisotopic (exact) mass is 469 g/mol. The molecular weight excluding hydrogens is 441 g/mol. The van der Waals surface area contributed by atoms with Crippen LogP contribution in [-0.4, -0.2) is 54.3 Å². The average molecular weight is 470 g/mol. The number of anilines is 1. The van der Waals surface area contributed by atoms with Crippen molar-refractivity contribution in [3.8, 4) is 0 Å². The lowest BCUT2D eigenvalue weighted by Crippen LogP contribution is -2.47. The van der Waals surface area contributed by atoms with Gasteiger partial charge in [0, 0.05) is 32.7 Å². The van der Waals surface area contributed by atoms with Gasteiger partial charge in [-0.2, -0.15) is 0 Å². The van der Waals surface area contributed by atoms with E-state index in [1.807, 2.05) is 30.3 Å². The van der Waals surface area contributed by atoms with Crippen LogP contribution < -0.4 is 4.90 Å². The molecule has 0 N–H and O–H groups in total. The second kappa shape index (κ2) is 9.84. The van der Waals surface area contributed by atoms with Crippen LogP contribution >= 0.6 is 0 Å². The number of nitrogens with zero attached hydrogens (tertiary/aromatic N) is 3. The molecule has 178 valence electrons. The van der Waals surface area contributed by atoms with Gasteiger partial charge in [-0.05, 0) is 42.3 Å². The van der Waals surface area contributed by atoms with E-state index in [0.717, 1.165) is 38.4 Å². The highest BCUT2D eigenvalue weighted by Crippen LogP contribution is 2.33. The molecule has 5 rings (SSSR count). The maximum absolute atomic E-state index is 13.6. The van der Waals surface area contributed by atoms with Gasteiger partial charge in [-0.15, -0.1) is 0 Å². The molecule has 0 bridgehead atoms. The molecule has 0 spiro atoms. The lowest BCUT2D eigenvalue weighted by molar-refractivity contribution is 0.0642. The molecule has 3 aromatic rings. The molecule has 1 saturated heterocycles. The van der Waals surface area contributed by atoms with Crippen molar-refractivity contribution in [2.24, 2.45) is 0 Å². The SMILES string of the molecule is C/C(=C\c1ccccc1)CN1CCN(c2cccc3c2C(=O)N(Cc2cccc(F)c2)C3=O)CC1. The minimum absolute atomic E-state index is 0.0599. The fourth-order valence-corrected chi connectivity index (χ4v) is 4.92. The zero-order valence-corrected chi connectivity index (χ0v) is 19.8. The Bertz CT molecular complexity index is 1280. The van der Waals surface area contributed by atoms with Gasteiger partial charge in [0.05, 0.1) is 23.4 Å². The molecule has 5 nitrogen and oxygen atoms in total. The van der Waals surface area contributed by atoms with Crippen LogP contribution in [0.1, 0.15) is 38.8 Å². The summed E-state index contributed by atoms with van der Waals surface area (Å²) in [5.74, 6) is -1.02. The van der Waals surface area contributed by atoms with Crippen LogP contribution in [0.25, 0.3) is 6.08 Å². The summed E-state index contributed by atoms with van der Waals surface area (Å²) < 4.78 is 13.6. The Kier molecular flexibility index (Phi) is 6.47. The summed E-state index contributed by atoms with van der Waals surface area (Å²) in [6.07, 6.45) is 2.22. The van der Waals surface area contributed by atoms with Crippen molar-refractivity contribution in [2.75, 3.05) is 37.6 Å². The molecule has 2 aliphatic heterocycles. The summed E-state index contributed by atoms with van der Waals surface area (Å²) in [5, 5.41) is 0. The van der Waals surface area contributed by atoms with E-state index in [2.05, 4.69) is 34.9 Å². The highest BCUT2D eigenvalue weighted by Gasteiger charge is 2.38. The molecule has 35 heavy (non-hydrogen) atoms. The van der Waals surface area contributed by atoms with Crippen LogP contribution in [0, 0.1) is 5.82 Å². The number of hydrogen-bond donors (Lipinski definition) is 0. The van der Waals surface area contributed by atoms with E-state index in [1.54, 1.807) is 18.2 Å². The smallest absolute Gasteiger partial charge is 0.263 e. The standard InChI is InChI=1S/C29H28FN3O2/c1-21(17-22-7-3-2-4-8-22)19-31-13-15-32(16-14-31)26-12-6-11-25-27(26)29(35)33(28(25)34)20-23-9-5-10-24(30)18-23/h2-12,17-18H,13-16,19-20H2,1H3/b21-17+. The third-order valence-corrected chi connectivity index (χ3v) is 6.61. The van der Waals surface area contributed by atoms with E-state index in [0.29, 0.717) is 16.7 Å². The third kappa shape index (κ3) is 4.88. The van der Waals surface area contributed by atoms with Crippen molar-refractivity contribution in [1.29, 1.82) is 0 Å². The molecule has 2 aliphatic rings. The second-order valence-electron chi connectivity index (χ2n) is 9.19. The van der Waals surface area contributed by atoms with Crippen LogP contribution in [0.2, 0.25) is 0 Å². The molecule has 3 aromatic carbocycles. The Morgan fingerprint density at radius 1 is 0.886 bits per heavy atom. The molecular formula is C29H28FN3O2. The van der Waals surface area contributed by atoms with Crippen molar-refractivity contribution in [3.05, 3.63) is 106 Å². The Morgan fingerprint density at radius 3 is 2.37 bits per heavy atom. The number of benzene rings is 3. The van der Waals surface area contributed by atoms with Gasteiger partial charge in [-0.25, -0.2) is 4.39 Å². The summed E-state index contributed by atoms with van der Waals surface area (Å²) >= 11 is 0. The average Bonchev–Trinajstić information content (AvgIpc) is 3.10. The molecule has 0 unspecified atom stereocenters. The zero-order chi connectivity index (χ0) is 24.4. The lowest BCUT2D eigenvalue weighted by Gasteiger charge is -2.37. The van der Waals surface area contributed by atoms with E-state index >= 15 is 0 Å². The topological polar surface area (TPSA) is 43.9 Å². The minimum atomic E-state index is -0.383. The second-order valence-corrected chi connectivity index (χ2v) is 9.19. The Labute approximate surface area is 205 Å². The van der Waals surface area contributed by atoms with Gasteiger partial charge in [0.1, 0.15) is 5.82 Å². The lowest BCUT2D eigenvalue weighted by atomic mass is 10.1. The quantitative estimate of drug-likeness (QED) is 0.485. The van der Waals surface area contributed by atoms with Gasteiger partial charge in [0.2, 0.25) is 0 Å². The Hall–Kier alpha value is -3.77. The third-order valence-electron chi connectivity index (χ3n) is 6.61.